The highest BCUT2D eigenvalue weighted by atomic mass is 32.2. The molecule has 4 rings (SSSR count). The van der Waals surface area contributed by atoms with E-state index in [1.165, 1.54) is 0 Å². The van der Waals surface area contributed by atoms with E-state index in [0.717, 1.165) is 39.7 Å². The number of amides is 3. The molecule has 1 aliphatic heterocycles. The summed E-state index contributed by atoms with van der Waals surface area (Å²) in [6.07, 6.45) is 0.503. The first kappa shape index (κ1) is 29.2. The van der Waals surface area contributed by atoms with E-state index in [2.05, 4.69) is 16.0 Å². The number of anilines is 1. The van der Waals surface area contributed by atoms with Gasteiger partial charge in [-0.2, -0.15) is 4.31 Å². The molecule has 214 valence electrons. The molecule has 4 N–H and O–H groups in total. The SMILES string of the molecule is O=C(NC[C@H](NC(=O)[C@@H]1CCCN1S(=O)(=O)c1ccc([N+](=O)[O-])cc1)C(=O)O)Nc1ccc(-c2ccccc2)cc1. The molecule has 3 amide bonds. The van der Waals surface area contributed by atoms with Gasteiger partial charge in [0.1, 0.15) is 12.1 Å². The van der Waals surface area contributed by atoms with Crippen molar-refractivity contribution in [3.63, 3.8) is 0 Å². The summed E-state index contributed by atoms with van der Waals surface area (Å²) in [6.45, 7) is -0.449. The number of aliphatic carboxylic acids is 1. The zero-order chi connectivity index (χ0) is 29.6. The second-order valence-corrected chi connectivity index (χ2v) is 11.1. The van der Waals surface area contributed by atoms with E-state index in [1.54, 1.807) is 12.1 Å². The summed E-state index contributed by atoms with van der Waals surface area (Å²) in [5.41, 5.74) is 2.13. The number of nitro groups is 1. The summed E-state index contributed by atoms with van der Waals surface area (Å²) < 4.78 is 27.2. The van der Waals surface area contributed by atoms with Gasteiger partial charge < -0.3 is 21.1 Å². The van der Waals surface area contributed by atoms with Crippen LogP contribution in [0, 0.1) is 10.1 Å². The number of non-ortho nitro benzene ring substituents is 1. The number of benzene rings is 3. The largest absolute Gasteiger partial charge is 0.480 e. The molecule has 13 nitrogen and oxygen atoms in total. The molecule has 1 heterocycles. The highest BCUT2D eigenvalue weighted by Gasteiger charge is 2.40. The lowest BCUT2D eigenvalue weighted by molar-refractivity contribution is -0.384. The molecule has 1 fully saturated rings. The van der Waals surface area contributed by atoms with Crippen LogP contribution in [-0.2, 0) is 19.6 Å². The molecule has 2 atom stereocenters. The molecule has 0 radical (unpaired) electrons. The van der Waals surface area contributed by atoms with E-state index >= 15 is 0 Å². The van der Waals surface area contributed by atoms with E-state index in [4.69, 9.17) is 0 Å². The Morgan fingerprint density at radius 2 is 1.61 bits per heavy atom. The Morgan fingerprint density at radius 3 is 2.22 bits per heavy atom. The molecule has 1 saturated heterocycles. The minimum Gasteiger partial charge on any atom is -0.480 e. The van der Waals surface area contributed by atoms with E-state index in [0.29, 0.717) is 12.1 Å². The second kappa shape index (κ2) is 12.6. The maximum atomic E-state index is 13.1. The fraction of sp³-hybridized carbons (Fsp3) is 0.222. The van der Waals surface area contributed by atoms with E-state index in [1.807, 2.05) is 42.5 Å². The van der Waals surface area contributed by atoms with Gasteiger partial charge in [-0.25, -0.2) is 18.0 Å². The van der Waals surface area contributed by atoms with Gasteiger partial charge in [-0.3, -0.25) is 14.9 Å². The number of hydrogen-bond acceptors (Lipinski definition) is 7. The summed E-state index contributed by atoms with van der Waals surface area (Å²) in [4.78, 5) is 47.2. The molecule has 41 heavy (non-hydrogen) atoms. The number of carboxylic acids is 1. The Labute approximate surface area is 235 Å². The Morgan fingerprint density at radius 1 is 0.976 bits per heavy atom. The molecule has 14 heteroatoms. The Hall–Kier alpha value is -4.82. The van der Waals surface area contributed by atoms with E-state index in [9.17, 15) is 38.0 Å². The second-order valence-electron chi connectivity index (χ2n) is 9.20. The van der Waals surface area contributed by atoms with Gasteiger partial charge in [0.25, 0.3) is 5.69 Å². The topological polar surface area (TPSA) is 188 Å². The number of carboxylic acid groups (broad SMARTS) is 1. The van der Waals surface area contributed by atoms with Gasteiger partial charge >= 0.3 is 12.0 Å². The van der Waals surface area contributed by atoms with Crippen LogP contribution in [0.4, 0.5) is 16.2 Å². The number of carbonyl (C=O) groups excluding carboxylic acids is 2. The van der Waals surface area contributed by atoms with Crippen LogP contribution in [0.3, 0.4) is 0 Å². The van der Waals surface area contributed by atoms with Crippen LogP contribution in [0.5, 0.6) is 0 Å². The van der Waals surface area contributed by atoms with Crippen molar-refractivity contribution in [2.24, 2.45) is 0 Å². The maximum Gasteiger partial charge on any atom is 0.328 e. The van der Waals surface area contributed by atoms with Gasteiger partial charge in [-0.15, -0.1) is 0 Å². The van der Waals surface area contributed by atoms with Crippen LogP contribution >= 0.6 is 0 Å². The van der Waals surface area contributed by atoms with Crippen molar-refractivity contribution in [1.82, 2.24) is 14.9 Å². The van der Waals surface area contributed by atoms with Crippen LogP contribution in [0.15, 0.2) is 83.8 Å². The normalized spacial score (nSPS) is 16.0. The molecule has 3 aromatic carbocycles. The molecule has 0 aromatic heterocycles. The molecular weight excluding hydrogens is 554 g/mol. The van der Waals surface area contributed by atoms with Gasteiger partial charge in [-0.1, -0.05) is 42.5 Å². The highest BCUT2D eigenvalue weighted by molar-refractivity contribution is 7.89. The number of urea groups is 1. The van der Waals surface area contributed by atoms with E-state index < -0.39 is 51.5 Å². The average Bonchev–Trinajstić information content (AvgIpc) is 3.47. The summed E-state index contributed by atoms with van der Waals surface area (Å²) in [6, 6.07) is 17.5. The standard InChI is InChI=1S/C27H27N5O8S/c33-25(24-7-4-16-31(24)41(39,40)22-14-12-21(13-15-22)32(37)38)30-23(26(34)35)17-28-27(36)29-20-10-8-19(9-11-20)18-5-2-1-3-6-18/h1-3,5-6,8-15,23-24H,4,7,16-17H2,(H,30,33)(H,34,35)(H2,28,29,36)/t23-,24-/m0/s1. The first-order chi connectivity index (χ1) is 19.6. The van der Waals surface area contributed by atoms with Crippen molar-refractivity contribution in [2.75, 3.05) is 18.4 Å². The van der Waals surface area contributed by atoms with Crippen LogP contribution in [0.1, 0.15) is 12.8 Å². The quantitative estimate of drug-likeness (QED) is 0.208. The lowest BCUT2D eigenvalue weighted by Crippen LogP contribution is -2.54. The molecule has 0 unspecified atom stereocenters. The van der Waals surface area contributed by atoms with Crippen LogP contribution in [0.2, 0.25) is 0 Å². The fourth-order valence-corrected chi connectivity index (χ4v) is 6.04. The highest BCUT2D eigenvalue weighted by Crippen LogP contribution is 2.27. The van der Waals surface area contributed by atoms with Gasteiger partial charge in [0, 0.05) is 24.4 Å². The summed E-state index contributed by atoms with van der Waals surface area (Å²) in [5.74, 6) is -2.26. The van der Waals surface area contributed by atoms with Crippen LogP contribution in [-0.4, -0.2) is 65.8 Å². The Balaban J connectivity index is 1.35. The molecular formula is C27H27N5O8S. The summed E-state index contributed by atoms with van der Waals surface area (Å²) in [5, 5.41) is 27.8. The smallest absolute Gasteiger partial charge is 0.328 e. The third-order valence-electron chi connectivity index (χ3n) is 6.49. The van der Waals surface area contributed by atoms with Crippen molar-refractivity contribution in [1.29, 1.82) is 0 Å². The average molecular weight is 582 g/mol. The first-order valence-corrected chi connectivity index (χ1v) is 14.0. The zero-order valence-corrected chi connectivity index (χ0v) is 22.4. The lowest BCUT2D eigenvalue weighted by atomic mass is 10.1. The number of hydrogen-bond donors (Lipinski definition) is 4. The predicted octanol–water partition coefficient (Wildman–Crippen LogP) is 2.81. The Kier molecular flexibility index (Phi) is 8.94. The number of sulfonamides is 1. The molecule has 3 aromatic rings. The number of nitrogens with zero attached hydrogens (tertiary/aromatic N) is 2. The van der Waals surface area contributed by atoms with Crippen molar-refractivity contribution >= 4 is 39.3 Å². The molecule has 0 spiro atoms. The van der Waals surface area contributed by atoms with Gasteiger partial charge in [0.2, 0.25) is 15.9 Å². The van der Waals surface area contributed by atoms with Crippen molar-refractivity contribution < 1.29 is 32.8 Å². The Bertz CT molecular complexity index is 1530. The number of nitro benzene ring substituents is 1. The van der Waals surface area contributed by atoms with E-state index in [-0.39, 0.29) is 23.5 Å². The van der Waals surface area contributed by atoms with Crippen molar-refractivity contribution in [2.45, 2.75) is 29.8 Å². The minimum absolute atomic E-state index is 0.0128. The molecule has 0 bridgehead atoms. The number of rotatable bonds is 10. The maximum absolute atomic E-state index is 13.1. The number of carbonyl (C=O) groups is 3. The first-order valence-electron chi connectivity index (χ1n) is 12.6. The zero-order valence-electron chi connectivity index (χ0n) is 21.6. The number of nitrogens with one attached hydrogen (secondary N) is 3. The van der Waals surface area contributed by atoms with Crippen LogP contribution in [0.25, 0.3) is 11.1 Å². The van der Waals surface area contributed by atoms with Gasteiger partial charge in [0.15, 0.2) is 0 Å². The third kappa shape index (κ3) is 7.04. The lowest BCUT2D eigenvalue weighted by Gasteiger charge is -2.25. The monoisotopic (exact) mass is 581 g/mol. The minimum atomic E-state index is -4.19. The summed E-state index contributed by atoms with van der Waals surface area (Å²) in [7, 11) is -4.19. The molecule has 1 aliphatic rings. The third-order valence-corrected chi connectivity index (χ3v) is 8.41. The predicted molar refractivity (Wildman–Crippen MR) is 148 cm³/mol. The molecule has 0 saturated carbocycles. The fourth-order valence-electron chi connectivity index (χ4n) is 4.38. The van der Waals surface area contributed by atoms with Crippen LogP contribution < -0.4 is 16.0 Å². The molecule has 0 aliphatic carbocycles. The van der Waals surface area contributed by atoms with Crippen molar-refractivity contribution in [3.05, 3.63) is 89.0 Å². The van der Waals surface area contributed by atoms with Gasteiger partial charge in [0.05, 0.1) is 16.4 Å². The van der Waals surface area contributed by atoms with Crippen molar-refractivity contribution in [3.8, 4) is 11.1 Å². The summed E-state index contributed by atoms with van der Waals surface area (Å²) >= 11 is 0. The van der Waals surface area contributed by atoms with Gasteiger partial charge in [-0.05, 0) is 48.2 Å².